The summed E-state index contributed by atoms with van der Waals surface area (Å²) in [6.45, 7) is 10.9. The predicted molar refractivity (Wildman–Crippen MR) is 95.8 cm³/mol. The van der Waals surface area contributed by atoms with Crippen molar-refractivity contribution < 1.29 is 0 Å². The zero-order valence-corrected chi connectivity index (χ0v) is 15.0. The van der Waals surface area contributed by atoms with Crippen LogP contribution >= 0.6 is 0 Å². The number of nitrogens with zero attached hydrogens (tertiary/aromatic N) is 1. The van der Waals surface area contributed by atoms with Gasteiger partial charge in [-0.15, -0.1) is 0 Å². The molecule has 0 amide bonds. The number of unbranched alkanes of at least 4 members (excludes halogenated alkanes) is 6. The Morgan fingerprint density at radius 3 is 2.14 bits per heavy atom. The predicted octanol–water partition coefficient (Wildman–Crippen LogP) is 6.20. The van der Waals surface area contributed by atoms with Crippen molar-refractivity contribution in [2.75, 3.05) is 19.6 Å². The second kappa shape index (κ2) is 11.3. The molecular weight excluding hydrogens is 254 g/mol. The minimum absolute atomic E-state index is 0.388. The lowest BCUT2D eigenvalue weighted by Gasteiger charge is -2.26. The first kappa shape index (κ1) is 18.7. The van der Waals surface area contributed by atoms with Crippen molar-refractivity contribution in [2.24, 2.45) is 5.41 Å². The largest absolute Gasteiger partial charge is 0.300 e. The van der Waals surface area contributed by atoms with Gasteiger partial charge in [-0.2, -0.15) is 0 Å². The summed E-state index contributed by atoms with van der Waals surface area (Å²) in [5, 5.41) is 0. The van der Waals surface area contributed by atoms with Gasteiger partial charge in [0.2, 0.25) is 0 Å². The molecule has 0 unspecified atom stereocenters. The zero-order chi connectivity index (χ0) is 15.4. The SMILES string of the molecule is CCCCCCCCCC(C)(C)C=CCN1CCCCC1. The van der Waals surface area contributed by atoms with Gasteiger partial charge in [-0.3, -0.25) is 4.90 Å². The normalized spacial score (nSPS) is 17.7. The summed E-state index contributed by atoms with van der Waals surface area (Å²) >= 11 is 0. The average molecular weight is 294 g/mol. The van der Waals surface area contributed by atoms with Crippen LogP contribution in [0.2, 0.25) is 0 Å². The molecule has 1 fully saturated rings. The van der Waals surface area contributed by atoms with E-state index in [-0.39, 0.29) is 0 Å². The molecule has 0 aromatic heterocycles. The molecule has 1 heterocycles. The number of likely N-dealkylation sites (tertiary alicyclic amines) is 1. The quantitative estimate of drug-likeness (QED) is 0.324. The van der Waals surface area contributed by atoms with E-state index in [9.17, 15) is 0 Å². The number of allylic oxidation sites excluding steroid dienone is 1. The Balaban J connectivity index is 2.05. The Hall–Kier alpha value is -0.300. The Kier molecular flexibility index (Phi) is 10.1. The fourth-order valence-corrected chi connectivity index (χ4v) is 3.28. The van der Waals surface area contributed by atoms with Crippen LogP contribution in [0.3, 0.4) is 0 Å². The monoisotopic (exact) mass is 293 g/mol. The molecule has 1 nitrogen and oxygen atoms in total. The third-order valence-corrected chi connectivity index (χ3v) is 4.81. The van der Waals surface area contributed by atoms with Gasteiger partial charge in [-0.25, -0.2) is 0 Å². The first-order valence-corrected chi connectivity index (χ1v) is 9.54. The summed E-state index contributed by atoms with van der Waals surface area (Å²) < 4.78 is 0. The van der Waals surface area contributed by atoms with Crippen LogP contribution in [-0.2, 0) is 0 Å². The molecule has 1 saturated heterocycles. The lowest BCUT2D eigenvalue weighted by atomic mass is 9.86. The molecule has 1 aliphatic heterocycles. The topological polar surface area (TPSA) is 3.24 Å². The summed E-state index contributed by atoms with van der Waals surface area (Å²) in [5.74, 6) is 0. The third-order valence-electron chi connectivity index (χ3n) is 4.81. The number of rotatable bonds is 11. The van der Waals surface area contributed by atoms with Gasteiger partial charge < -0.3 is 0 Å². The second-order valence-corrected chi connectivity index (χ2v) is 7.62. The van der Waals surface area contributed by atoms with Crippen molar-refractivity contribution in [1.82, 2.24) is 4.90 Å². The molecule has 1 rings (SSSR count). The molecule has 1 heteroatoms. The van der Waals surface area contributed by atoms with Crippen LogP contribution in [0.4, 0.5) is 0 Å². The van der Waals surface area contributed by atoms with Crippen LogP contribution < -0.4 is 0 Å². The zero-order valence-electron chi connectivity index (χ0n) is 15.0. The summed E-state index contributed by atoms with van der Waals surface area (Å²) in [6.07, 6.45) is 20.4. The molecule has 0 saturated carbocycles. The lowest BCUT2D eigenvalue weighted by molar-refractivity contribution is 0.250. The molecule has 0 bridgehead atoms. The molecule has 21 heavy (non-hydrogen) atoms. The summed E-state index contributed by atoms with van der Waals surface area (Å²) in [7, 11) is 0. The van der Waals surface area contributed by atoms with Crippen molar-refractivity contribution in [3.63, 3.8) is 0 Å². The van der Waals surface area contributed by atoms with E-state index in [2.05, 4.69) is 37.8 Å². The van der Waals surface area contributed by atoms with E-state index in [1.807, 2.05) is 0 Å². The molecule has 0 spiro atoms. The average Bonchev–Trinajstić information content (AvgIpc) is 2.47. The van der Waals surface area contributed by atoms with Crippen molar-refractivity contribution in [2.45, 2.75) is 91.4 Å². The maximum atomic E-state index is 2.60. The van der Waals surface area contributed by atoms with Gasteiger partial charge in [-0.05, 0) is 37.8 Å². The highest BCUT2D eigenvalue weighted by molar-refractivity contribution is 4.96. The van der Waals surface area contributed by atoms with E-state index in [1.165, 1.54) is 90.3 Å². The molecule has 0 aromatic rings. The van der Waals surface area contributed by atoms with Gasteiger partial charge in [-0.1, -0.05) is 84.3 Å². The van der Waals surface area contributed by atoms with Crippen LogP contribution in [0.25, 0.3) is 0 Å². The smallest absolute Gasteiger partial charge is 0.0163 e. The highest BCUT2D eigenvalue weighted by Crippen LogP contribution is 2.26. The fourth-order valence-electron chi connectivity index (χ4n) is 3.28. The first-order valence-electron chi connectivity index (χ1n) is 9.54. The van der Waals surface area contributed by atoms with Crippen LogP contribution in [0.5, 0.6) is 0 Å². The van der Waals surface area contributed by atoms with E-state index in [0.29, 0.717) is 5.41 Å². The van der Waals surface area contributed by atoms with Gasteiger partial charge >= 0.3 is 0 Å². The minimum atomic E-state index is 0.388. The maximum absolute atomic E-state index is 2.60. The van der Waals surface area contributed by atoms with E-state index in [0.717, 1.165) is 0 Å². The fraction of sp³-hybridized carbons (Fsp3) is 0.900. The van der Waals surface area contributed by atoms with Crippen molar-refractivity contribution in [3.05, 3.63) is 12.2 Å². The summed E-state index contributed by atoms with van der Waals surface area (Å²) in [6, 6.07) is 0. The van der Waals surface area contributed by atoms with Crippen molar-refractivity contribution in [3.8, 4) is 0 Å². The highest BCUT2D eigenvalue weighted by Gasteiger charge is 2.13. The Labute approximate surface area is 134 Å². The molecule has 124 valence electrons. The van der Waals surface area contributed by atoms with E-state index < -0.39 is 0 Å². The Morgan fingerprint density at radius 1 is 0.857 bits per heavy atom. The Morgan fingerprint density at radius 2 is 1.48 bits per heavy atom. The Bertz CT molecular complexity index is 261. The van der Waals surface area contributed by atoms with Crippen molar-refractivity contribution in [1.29, 1.82) is 0 Å². The molecule has 0 atom stereocenters. The van der Waals surface area contributed by atoms with Gasteiger partial charge in [0.1, 0.15) is 0 Å². The highest BCUT2D eigenvalue weighted by atomic mass is 15.1. The van der Waals surface area contributed by atoms with Crippen molar-refractivity contribution >= 4 is 0 Å². The van der Waals surface area contributed by atoms with Crippen LogP contribution in [0, 0.1) is 5.41 Å². The van der Waals surface area contributed by atoms with Gasteiger partial charge in [0.15, 0.2) is 0 Å². The van der Waals surface area contributed by atoms with Gasteiger partial charge in [0.05, 0.1) is 0 Å². The second-order valence-electron chi connectivity index (χ2n) is 7.62. The number of hydrogen-bond acceptors (Lipinski definition) is 1. The van der Waals surface area contributed by atoms with E-state index in [1.54, 1.807) is 0 Å². The molecule has 1 aliphatic rings. The van der Waals surface area contributed by atoms with Crippen LogP contribution in [0.1, 0.15) is 91.4 Å². The van der Waals surface area contributed by atoms with E-state index in [4.69, 9.17) is 0 Å². The minimum Gasteiger partial charge on any atom is -0.300 e. The standard InChI is InChI=1S/C20H39N/c1-4-5-6-7-8-9-11-15-20(2,3)16-14-19-21-17-12-10-13-18-21/h14,16H,4-13,15,17-19H2,1-3H3. The lowest BCUT2D eigenvalue weighted by Crippen LogP contribution is -2.29. The number of hydrogen-bond donors (Lipinski definition) is 0. The molecule has 0 N–H and O–H groups in total. The summed E-state index contributed by atoms with van der Waals surface area (Å²) in [4.78, 5) is 2.60. The van der Waals surface area contributed by atoms with Gasteiger partial charge in [0.25, 0.3) is 0 Å². The maximum Gasteiger partial charge on any atom is 0.0163 e. The van der Waals surface area contributed by atoms with Crippen LogP contribution in [-0.4, -0.2) is 24.5 Å². The molecule has 0 aliphatic carbocycles. The van der Waals surface area contributed by atoms with E-state index >= 15 is 0 Å². The van der Waals surface area contributed by atoms with Gasteiger partial charge in [0, 0.05) is 6.54 Å². The molecule has 0 radical (unpaired) electrons. The molecular formula is C20H39N. The third kappa shape index (κ3) is 10.1. The number of piperidine rings is 1. The summed E-state index contributed by atoms with van der Waals surface area (Å²) in [5.41, 5.74) is 0.388. The molecule has 0 aromatic carbocycles. The van der Waals surface area contributed by atoms with Crippen LogP contribution in [0.15, 0.2) is 12.2 Å². The first-order chi connectivity index (χ1) is 10.1.